The third kappa shape index (κ3) is 4.81. The standard InChI is InChI=1S/C27H23Cl2NO6/c1-30(22-9-4-16-12-17(28)5-8-19(16)22)26(31)15-2-6-18(7-3-15)35-25-14-24-20(13-21(25)29)23(10-11-34-24)36-27(32)33/h2-3,5-8,12-14,22-23H,4,9-11H2,1H3,(H,32,33). The van der Waals surface area contributed by atoms with Gasteiger partial charge in [-0.2, -0.15) is 0 Å². The van der Waals surface area contributed by atoms with E-state index in [0.29, 0.717) is 46.4 Å². The maximum Gasteiger partial charge on any atom is 0.506 e. The molecule has 0 saturated heterocycles. The van der Waals surface area contributed by atoms with Gasteiger partial charge in [-0.3, -0.25) is 4.79 Å². The van der Waals surface area contributed by atoms with Crippen molar-refractivity contribution in [2.45, 2.75) is 31.4 Å². The lowest BCUT2D eigenvalue weighted by Gasteiger charge is -2.26. The lowest BCUT2D eigenvalue weighted by atomic mass is 10.0. The molecule has 5 rings (SSSR count). The van der Waals surface area contributed by atoms with E-state index in [9.17, 15) is 9.59 Å². The number of ether oxygens (including phenoxy) is 3. The summed E-state index contributed by atoms with van der Waals surface area (Å²) in [6.07, 6.45) is 0.144. The van der Waals surface area contributed by atoms with Gasteiger partial charge in [0.15, 0.2) is 0 Å². The Morgan fingerprint density at radius 1 is 1.03 bits per heavy atom. The molecule has 1 amide bonds. The Hall–Kier alpha value is -3.42. The molecule has 0 radical (unpaired) electrons. The van der Waals surface area contributed by atoms with Crippen LogP contribution in [0.5, 0.6) is 17.2 Å². The number of nitrogens with zero attached hydrogens (tertiary/aromatic N) is 1. The number of rotatable bonds is 5. The molecule has 1 aliphatic carbocycles. The molecule has 9 heteroatoms. The van der Waals surface area contributed by atoms with E-state index >= 15 is 0 Å². The number of hydrogen-bond donors (Lipinski definition) is 1. The SMILES string of the molecule is CN(C(=O)c1ccc(Oc2cc3c(cc2Cl)C(OC(=O)O)CCO3)cc1)C1CCc2cc(Cl)ccc21. The molecule has 1 heterocycles. The number of fused-ring (bicyclic) bond motifs is 2. The van der Waals surface area contributed by atoms with Gasteiger partial charge in [-0.25, -0.2) is 4.79 Å². The first kappa shape index (κ1) is 24.3. The zero-order valence-corrected chi connectivity index (χ0v) is 20.9. The Labute approximate surface area is 218 Å². The molecule has 2 unspecified atom stereocenters. The van der Waals surface area contributed by atoms with E-state index in [-0.39, 0.29) is 17.0 Å². The van der Waals surface area contributed by atoms with E-state index < -0.39 is 12.3 Å². The minimum Gasteiger partial charge on any atom is -0.493 e. The summed E-state index contributed by atoms with van der Waals surface area (Å²) in [5.41, 5.74) is 3.42. The molecular formula is C27H23Cl2NO6. The Kier molecular flexibility index (Phi) is 6.69. The summed E-state index contributed by atoms with van der Waals surface area (Å²) in [5.74, 6) is 1.22. The largest absolute Gasteiger partial charge is 0.506 e. The maximum atomic E-state index is 13.2. The third-order valence-electron chi connectivity index (χ3n) is 6.56. The molecule has 36 heavy (non-hydrogen) atoms. The second kappa shape index (κ2) is 9.91. The fourth-order valence-corrected chi connectivity index (χ4v) is 5.19. The second-order valence-electron chi connectivity index (χ2n) is 8.77. The summed E-state index contributed by atoms with van der Waals surface area (Å²) in [4.78, 5) is 25.9. The molecule has 2 aliphatic rings. The van der Waals surface area contributed by atoms with Crippen LogP contribution in [-0.4, -0.2) is 35.7 Å². The zero-order chi connectivity index (χ0) is 25.4. The molecule has 2 atom stereocenters. The highest BCUT2D eigenvalue weighted by Crippen LogP contribution is 2.42. The first-order valence-corrected chi connectivity index (χ1v) is 12.2. The third-order valence-corrected chi connectivity index (χ3v) is 7.09. The number of carbonyl (C=O) groups is 2. The van der Waals surface area contributed by atoms with Crippen molar-refractivity contribution < 1.29 is 28.9 Å². The molecule has 3 aromatic rings. The van der Waals surface area contributed by atoms with Crippen molar-refractivity contribution in [2.24, 2.45) is 0 Å². The summed E-state index contributed by atoms with van der Waals surface area (Å²) < 4.78 is 16.5. The van der Waals surface area contributed by atoms with E-state index in [1.807, 2.05) is 25.2 Å². The molecule has 1 aliphatic heterocycles. The molecule has 0 bridgehead atoms. The van der Waals surface area contributed by atoms with Crippen LogP contribution >= 0.6 is 23.2 Å². The molecule has 7 nitrogen and oxygen atoms in total. The van der Waals surface area contributed by atoms with Crippen molar-refractivity contribution in [3.63, 3.8) is 0 Å². The number of halogens is 2. The summed E-state index contributed by atoms with van der Waals surface area (Å²) in [6, 6.07) is 15.9. The van der Waals surface area contributed by atoms with Gasteiger partial charge in [-0.1, -0.05) is 29.3 Å². The van der Waals surface area contributed by atoms with Crippen LogP contribution in [0.1, 0.15) is 52.0 Å². The van der Waals surface area contributed by atoms with Gasteiger partial charge < -0.3 is 24.2 Å². The van der Waals surface area contributed by atoms with E-state index in [4.69, 9.17) is 42.5 Å². The predicted octanol–water partition coefficient (Wildman–Crippen LogP) is 7.06. The number of amides is 1. The Morgan fingerprint density at radius 3 is 2.56 bits per heavy atom. The lowest BCUT2D eigenvalue weighted by Crippen LogP contribution is -2.30. The highest BCUT2D eigenvalue weighted by atomic mass is 35.5. The Morgan fingerprint density at radius 2 is 1.81 bits per heavy atom. The quantitative estimate of drug-likeness (QED) is 0.357. The minimum atomic E-state index is -1.36. The van der Waals surface area contributed by atoms with Crippen molar-refractivity contribution in [2.75, 3.05) is 13.7 Å². The van der Waals surface area contributed by atoms with Gasteiger partial charge in [0, 0.05) is 35.7 Å². The highest BCUT2D eigenvalue weighted by molar-refractivity contribution is 6.32. The normalized spacial score (nSPS) is 18.0. The van der Waals surface area contributed by atoms with Crippen LogP contribution in [0.2, 0.25) is 10.0 Å². The van der Waals surface area contributed by atoms with Gasteiger partial charge in [0.1, 0.15) is 23.4 Å². The smallest absolute Gasteiger partial charge is 0.493 e. The molecule has 3 aromatic carbocycles. The van der Waals surface area contributed by atoms with Gasteiger partial charge >= 0.3 is 6.16 Å². The molecule has 0 fully saturated rings. The van der Waals surface area contributed by atoms with Crippen LogP contribution in [0.4, 0.5) is 4.79 Å². The fraction of sp³-hybridized carbons (Fsp3) is 0.259. The number of hydrogen-bond acceptors (Lipinski definition) is 5. The summed E-state index contributed by atoms with van der Waals surface area (Å²) in [7, 11) is 1.81. The molecule has 0 spiro atoms. The topological polar surface area (TPSA) is 85.3 Å². The maximum absolute atomic E-state index is 13.2. The van der Waals surface area contributed by atoms with E-state index in [1.165, 1.54) is 5.56 Å². The van der Waals surface area contributed by atoms with Crippen LogP contribution in [0, 0.1) is 0 Å². The molecule has 186 valence electrons. The Balaban J connectivity index is 1.30. The van der Waals surface area contributed by atoms with Crippen molar-refractivity contribution in [1.82, 2.24) is 4.90 Å². The minimum absolute atomic E-state index is 0.00364. The van der Waals surface area contributed by atoms with Crippen molar-refractivity contribution in [3.8, 4) is 17.2 Å². The fourth-order valence-electron chi connectivity index (χ4n) is 4.78. The van der Waals surface area contributed by atoms with Crippen LogP contribution in [0.25, 0.3) is 0 Å². The van der Waals surface area contributed by atoms with Crippen molar-refractivity contribution in [1.29, 1.82) is 0 Å². The van der Waals surface area contributed by atoms with Crippen LogP contribution in [0.3, 0.4) is 0 Å². The summed E-state index contributed by atoms with van der Waals surface area (Å²) in [5, 5.41) is 9.96. The van der Waals surface area contributed by atoms with Gasteiger partial charge in [0.05, 0.1) is 17.7 Å². The molecule has 1 N–H and O–H groups in total. The van der Waals surface area contributed by atoms with Crippen LogP contribution in [0.15, 0.2) is 54.6 Å². The first-order valence-electron chi connectivity index (χ1n) is 11.5. The second-order valence-corrected chi connectivity index (χ2v) is 9.61. The lowest BCUT2D eigenvalue weighted by molar-refractivity contribution is 0.0326. The predicted molar refractivity (Wildman–Crippen MR) is 135 cm³/mol. The molecular weight excluding hydrogens is 505 g/mol. The van der Waals surface area contributed by atoms with Gasteiger partial charge in [-0.05, 0) is 66.4 Å². The number of aryl methyl sites for hydroxylation is 1. The highest BCUT2D eigenvalue weighted by Gasteiger charge is 2.30. The van der Waals surface area contributed by atoms with E-state index in [0.717, 1.165) is 18.4 Å². The number of carbonyl (C=O) groups excluding carboxylic acids is 1. The van der Waals surface area contributed by atoms with Crippen molar-refractivity contribution in [3.05, 3.63) is 86.9 Å². The van der Waals surface area contributed by atoms with Gasteiger partial charge in [0.25, 0.3) is 5.91 Å². The molecule has 0 aromatic heterocycles. The first-order chi connectivity index (χ1) is 17.3. The number of carboxylic acid groups (broad SMARTS) is 1. The average Bonchev–Trinajstić information content (AvgIpc) is 3.27. The van der Waals surface area contributed by atoms with Gasteiger partial charge in [-0.15, -0.1) is 0 Å². The Bertz CT molecular complexity index is 1330. The van der Waals surface area contributed by atoms with Crippen LogP contribution < -0.4 is 9.47 Å². The zero-order valence-electron chi connectivity index (χ0n) is 19.4. The van der Waals surface area contributed by atoms with Crippen molar-refractivity contribution >= 4 is 35.3 Å². The summed E-state index contributed by atoms with van der Waals surface area (Å²) >= 11 is 12.5. The van der Waals surface area contributed by atoms with E-state index in [2.05, 4.69) is 0 Å². The van der Waals surface area contributed by atoms with Crippen LogP contribution in [-0.2, 0) is 11.2 Å². The average molecular weight is 528 g/mol. The molecule has 0 saturated carbocycles. The van der Waals surface area contributed by atoms with Gasteiger partial charge in [0.2, 0.25) is 0 Å². The monoisotopic (exact) mass is 527 g/mol. The summed E-state index contributed by atoms with van der Waals surface area (Å²) in [6.45, 7) is 0.314. The van der Waals surface area contributed by atoms with E-state index in [1.54, 1.807) is 41.3 Å². The number of benzene rings is 3.